The maximum atomic E-state index is 5.88. The molecule has 98 valence electrons. The van der Waals surface area contributed by atoms with Crippen molar-refractivity contribution in [2.24, 2.45) is 11.7 Å². The summed E-state index contributed by atoms with van der Waals surface area (Å²) in [6.45, 7) is 1.71. The van der Waals surface area contributed by atoms with E-state index in [1.807, 2.05) is 6.20 Å². The summed E-state index contributed by atoms with van der Waals surface area (Å²) in [6.07, 6.45) is 8.69. The highest BCUT2D eigenvalue weighted by molar-refractivity contribution is 9.10. The summed E-state index contributed by atoms with van der Waals surface area (Å²) in [7, 11) is 0. The fraction of sp³-hybridized carbons (Fsp3) is 0.643. The zero-order chi connectivity index (χ0) is 12.5. The van der Waals surface area contributed by atoms with E-state index < -0.39 is 0 Å². The Morgan fingerprint density at radius 3 is 3.00 bits per heavy atom. The number of piperidine rings is 1. The lowest BCUT2D eigenvalue weighted by molar-refractivity contribution is 0.360. The second-order valence-corrected chi connectivity index (χ2v) is 6.35. The summed E-state index contributed by atoms with van der Waals surface area (Å²) in [5.74, 6) is 2.01. The summed E-state index contributed by atoms with van der Waals surface area (Å²) in [5.41, 5.74) is 7.04. The summed E-state index contributed by atoms with van der Waals surface area (Å²) in [4.78, 5) is 7.16. The first-order chi connectivity index (χ1) is 8.79. The molecule has 2 fully saturated rings. The predicted octanol–water partition coefficient (Wildman–Crippen LogP) is 3.07. The van der Waals surface area contributed by atoms with Crippen molar-refractivity contribution in [2.75, 3.05) is 11.4 Å². The van der Waals surface area contributed by atoms with Gasteiger partial charge in [-0.15, -0.1) is 0 Å². The second kappa shape index (κ2) is 5.17. The van der Waals surface area contributed by atoms with E-state index >= 15 is 0 Å². The minimum Gasteiger partial charge on any atom is -0.353 e. The van der Waals surface area contributed by atoms with Crippen molar-refractivity contribution in [2.45, 2.75) is 44.7 Å². The van der Waals surface area contributed by atoms with E-state index in [1.54, 1.807) is 0 Å². The fourth-order valence-corrected chi connectivity index (χ4v) is 3.98. The number of aromatic nitrogens is 1. The maximum Gasteiger partial charge on any atom is 0.133 e. The molecule has 2 aliphatic rings. The number of pyridine rings is 1. The lowest BCUT2D eigenvalue weighted by Gasteiger charge is -2.39. The minimum absolute atomic E-state index is 0.565. The molecule has 1 saturated heterocycles. The molecule has 4 heteroatoms. The van der Waals surface area contributed by atoms with Gasteiger partial charge in [-0.25, -0.2) is 4.98 Å². The molecule has 1 saturated carbocycles. The van der Waals surface area contributed by atoms with Crippen molar-refractivity contribution in [3.63, 3.8) is 0 Å². The summed E-state index contributed by atoms with van der Waals surface area (Å²) in [6, 6.07) is 2.82. The lowest BCUT2D eigenvalue weighted by atomic mass is 9.91. The summed E-state index contributed by atoms with van der Waals surface area (Å²) in [5, 5.41) is 0. The molecule has 1 aromatic rings. The third kappa shape index (κ3) is 2.16. The van der Waals surface area contributed by atoms with Crippen LogP contribution in [0.4, 0.5) is 5.82 Å². The standard InChI is InChI=1S/C14H20BrN3/c15-12-7-11(8-16)14(17-9-12)18-6-2-4-10-3-1-5-13(10)18/h7,9-10,13H,1-6,8,16H2. The zero-order valence-electron chi connectivity index (χ0n) is 10.6. The number of hydrogen-bond acceptors (Lipinski definition) is 3. The molecule has 2 heterocycles. The number of halogens is 1. The quantitative estimate of drug-likeness (QED) is 0.913. The third-order valence-corrected chi connectivity index (χ3v) is 4.83. The van der Waals surface area contributed by atoms with E-state index in [0.717, 1.165) is 28.3 Å². The van der Waals surface area contributed by atoms with Crippen LogP contribution in [0.5, 0.6) is 0 Å². The first-order valence-corrected chi connectivity index (χ1v) is 7.70. The van der Waals surface area contributed by atoms with E-state index in [2.05, 4.69) is 31.9 Å². The van der Waals surface area contributed by atoms with Crippen molar-refractivity contribution in [1.82, 2.24) is 4.98 Å². The van der Waals surface area contributed by atoms with Crippen LogP contribution < -0.4 is 10.6 Å². The second-order valence-electron chi connectivity index (χ2n) is 5.43. The highest BCUT2D eigenvalue weighted by atomic mass is 79.9. The van der Waals surface area contributed by atoms with Crippen LogP contribution in [0.25, 0.3) is 0 Å². The fourth-order valence-electron chi connectivity index (χ4n) is 3.60. The van der Waals surface area contributed by atoms with E-state index in [9.17, 15) is 0 Å². The first-order valence-electron chi connectivity index (χ1n) is 6.90. The van der Waals surface area contributed by atoms with Crippen LogP contribution in [-0.2, 0) is 6.54 Å². The van der Waals surface area contributed by atoms with Crippen molar-refractivity contribution < 1.29 is 0 Å². The highest BCUT2D eigenvalue weighted by Crippen LogP contribution is 2.39. The molecule has 0 aromatic carbocycles. The van der Waals surface area contributed by atoms with Crippen molar-refractivity contribution in [1.29, 1.82) is 0 Å². The van der Waals surface area contributed by atoms with Crippen molar-refractivity contribution >= 4 is 21.7 Å². The lowest BCUT2D eigenvalue weighted by Crippen LogP contribution is -2.43. The van der Waals surface area contributed by atoms with Gasteiger partial charge < -0.3 is 10.6 Å². The van der Waals surface area contributed by atoms with Gasteiger partial charge in [-0.1, -0.05) is 6.42 Å². The molecule has 2 unspecified atom stereocenters. The SMILES string of the molecule is NCc1cc(Br)cnc1N1CCCC2CCCC21. The molecule has 0 bridgehead atoms. The number of nitrogens with zero attached hydrogens (tertiary/aromatic N) is 2. The van der Waals surface area contributed by atoms with Crippen molar-refractivity contribution in [3.05, 3.63) is 22.3 Å². The van der Waals surface area contributed by atoms with Crippen LogP contribution >= 0.6 is 15.9 Å². The average molecular weight is 310 g/mol. The Morgan fingerprint density at radius 2 is 2.17 bits per heavy atom. The van der Waals surface area contributed by atoms with Gasteiger partial charge in [0.15, 0.2) is 0 Å². The normalized spacial score (nSPS) is 27.3. The zero-order valence-corrected chi connectivity index (χ0v) is 12.2. The van der Waals surface area contributed by atoms with Gasteiger partial charge in [0.25, 0.3) is 0 Å². The number of nitrogens with two attached hydrogens (primary N) is 1. The van der Waals surface area contributed by atoms with Crippen LogP contribution in [-0.4, -0.2) is 17.6 Å². The molecular weight excluding hydrogens is 290 g/mol. The largest absolute Gasteiger partial charge is 0.353 e. The number of fused-ring (bicyclic) bond motifs is 1. The first kappa shape index (κ1) is 12.4. The average Bonchev–Trinajstić information content (AvgIpc) is 2.86. The topological polar surface area (TPSA) is 42.1 Å². The van der Waals surface area contributed by atoms with Crippen LogP contribution in [0.3, 0.4) is 0 Å². The molecular formula is C14H20BrN3. The Labute approximate surface area is 117 Å². The van der Waals surface area contributed by atoms with E-state index in [0.29, 0.717) is 12.6 Å². The third-order valence-electron chi connectivity index (χ3n) is 4.39. The predicted molar refractivity (Wildman–Crippen MR) is 77.5 cm³/mol. The molecule has 3 rings (SSSR count). The van der Waals surface area contributed by atoms with Crippen molar-refractivity contribution in [3.8, 4) is 0 Å². The molecule has 1 aliphatic carbocycles. The van der Waals surface area contributed by atoms with Gasteiger partial charge >= 0.3 is 0 Å². The Morgan fingerprint density at radius 1 is 1.33 bits per heavy atom. The Balaban J connectivity index is 1.93. The van der Waals surface area contributed by atoms with Gasteiger partial charge in [0.1, 0.15) is 5.82 Å². The number of rotatable bonds is 2. The van der Waals surface area contributed by atoms with Crippen LogP contribution in [0.1, 0.15) is 37.7 Å². The van der Waals surface area contributed by atoms with E-state index in [-0.39, 0.29) is 0 Å². The Kier molecular flexibility index (Phi) is 3.57. The highest BCUT2D eigenvalue weighted by Gasteiger charge is 2.36. The Hall–Kier alpha value is -0.610. The number of hydrogen-bond donors (Lipinski definition) is 1. The molecule has 3 nitrogen and oxygen atoms in total. The summed E-state index contributed by atoms with van der Waals surface area (Å²) < 4.78 is 1.02. The smallest absolute Gasteiger partial charge is 0.133 e. The van der Waals surface area contributed by atoms with Crippen LogP contribution in [0.2, 0.25) is 0 Å². The molecule has 2 atom stereocenters. The maximum absolute atomic E-state index is 5.88. The van der Waals surface area contributed by atoms with Gasteiger partial charge in [0, 0.05) is 35.4 Å². The molecule has 18 heavy (non-hydrogen) atoms. The molecule has 0 radical (unpaired) electrons. The monoisotopic (exact) mass is 309 g/mol. The van der Waals surface area contributed by atoms with Gasteiger partial charge in [0.2, 0.25) is 0 Å². The molecule has 2 N–H and O–H groups in total. The molecule has 0 spiro atoms. The minimum atomic E-state index is 0.565. The number of anilines is 1. The molecule has 1 aromatic heterocycles. The van der Waals surface area contributed by atoms with E-state index in [1.165, 1.54) is 32.1 Å². The van der Waals surface area contributed by atoms with Gasteiger partial charge in [0.05, 0.1) is 0 Å². The van der Waals surface area contributed by atoms with E-state index in [4.69, 9.17) is 5.73 Å². The van der Waals surface area contributed by atoms with Gasteiger partial charge in [-0.2, -0.15) is 0 Å². The van der Waals surface area contributed by atoms with Crippen LogP contribution in [0.15, 0.2) is 16.7 Å². The Bertz CT molecular complexity index is 435. The molecule has 1 aliphatic heterocycles. The van der Waals surface area contributed by atoms with Crippen LogP contribution in [0, 0.1) is 5.92 Å². The summed E-state index contributed by atoms with van der Waals surface area (Å²) >= 11 is 3.48. The van der Waals surface area contributed by atoms with Gasteiger partial charge in [-0.05, 0) is 53.6 Å². The molecule has 0 amide bonds. The van der Waals surface area contributed by atoms with Gasteiger partial charge in [-0.3, -0.25) is 0 Å².